The molecular weight excluding hydrogens is 428 g/mol. The van der Waals surface area contributed by atoms with E-state index in [1.807, 2.05) is 18.2 Å². The summed E-state index contributed by atoms with van der Waals surface area (Å²) in [6.45, 7) is 1.19. The van der Waals surface area contributed by atoms with Crippen molar-refractivity contribution in [1.82, 2.24) is 10.2 Å². The van der Waals surface area contributed by atoms with Crippen LogP contribution in [-0.4, -0.2) is 79.6 Å². The number of hydrogen-bond acceptors (Lipinski definition) is 9. The van der Waals surface area contributed by atoms with Crippen molar-refractivity contribution < 1.29 is 48.5 Å². The number of methoxy groups -OCH3 is 3. The molecule has 1 aromatic heterocycles. The number of hydrogen-bond donors (Lipinski definition) is 3. The first-order valence-corrected chi connectivity index (χ1v) is 8.96. The lowest BCUT2D eigenvalue weighted by Gasteiger charge is -2.46. The van der Waals surface area contributed by atoms with Crippen LogP contribution in [0.2, 0.25) is 0 Å². The fourth-order valence-corrected chi connectivity index (χ4v) is 3.12. The van der Waals surface area contributed by atoms with Crippen LogP contribution in [0.1, 0.15) is 12.5 Å². The molecule has 0 saturated heterocycles. The van der Waals surface area contributed by atoms with E-state index in [0.717, 1.165) is 5.52 Å². The number of hydroxylamine groups is 2. The second kappa shape index (κ2) is 11.5. The molecular formula is C20H26N2O10. The molecule has 1 heterocycles. The molecule has 0 aliphatic heterocycles. The summed E-state index contributed by atoms with van der Waals surface area (Å²) < 4.78 is 16.6. The average molecular weight is 454 g/mol. The number of carbonyl (C=O) groups excluding carboxylic acids is 1. The molecule has 12 heteroatoms. The first-order chi connectivity index (χ1) is 15.2. The molecule has 2 rings (SSSR count). The molecule has 0 saturated carbocycles. The number of carbonyl (C=O) groups is 2. The van der Waals surface area contributed by atoms with Gasteiger partial charge in [0.25, 0.3) is 5.79 Å². The van der Waals surface area contributed by atoms with Crippen molar-refractivity contribution in [3.8, 4) is 0 Å². The van der Waals surface area contributed by atoms with E-state index in [1.54, 1.807) is 12.3 Å². The van der Waals surface area contributed by atoms with Gasteiger partial charge in [0.2, 0.25) is 0 Å². The Morgan fingerprint density at radius 1 is 1.00 bits per heavy atom. The van der Waals surface area contributed by atoms with Crippen molar-refractivity contribution >= 4 is 28.8 Å². The van der Waals surface area contributed by atoms with E-state index in [2.05, 4.69) is 4.98 Å². The lowest BCUT2D eigenvalue weighted by atomic mass is 9.93. The third kappa shape index (κ3) is 4.56. The summed E-state index contributed by atoms with van der Waals surface area (Å²) in [5.41, 5.74) is -1.44. The van der Waals surface area contributed by atoms with Crippen LogP contribution >= 0.6 is 0 Å². The largest absolute Gasteiger partial charge is 0.478 e. The van der Waals surface area contributed by atoms with E-state index in [0.29, 0.717) is 16.2 Å². The van der Waals surface area contributed by atoms with Gasteiger partial charge >= 0.3 is 17.7 Å². The number of para-hydroxylation sites is 1. The molecule has 0 fully saturated rings. The number of H-pyrrole nitrogens is 1. The zero-order chi connectivity index (χ0) is 24.5. The van der Waals surface area contributed by atoms with E-state index in [1.165, 1.54) is 48.4 Å². The highest BCUT2D eigenvalue weighted by atomic mass is 17.0. The van der Waals surface area contributed by atoms with Gasteiger partial charge in [-0.15, -0.1) is 0 Å². The second-order valence-corrected chi connectivity index (χ2v) is 6.08. The van der Waals surface area contributed by atoms with Gasteiger partial charge in [-0.2, -0.15) is 0 Å². The fraction of sp³-hybridized carbons (Fsp3) is 0.400. The molecule has 0 radical (unpaired) electrons. The van der Waals surface area contributed by atoms with Gasteiger partial charge in [-0.05, 0) is 18.2 Å². The van der Waals surface area contributed by atoms with Crippen LogP contribution in [0.3, 0.4) is 0 Å². The van der Waals surface area contributed by atoms with Crippen LogP contribution in [0.4, 0.5) is 0 Å². The maximum Gasteiger partial charge on any atom is 0.362 e. The monoisotopic (exact) mass is 454 g/mol. The average Bonchev–Trinajstić information content (AvgIpc) is 3.23. The van der Waals surface area contributed by atoms with E-state index in [4.69, 9.17) is 29.0 Å². The molecule has 0 spiro atoms. The normalized spacial score (nSPS) is 13.1. The van der Waals surface area contributed by atoms with Gasteiger partial charge in [-0.1, -0.05) is 18.2 Å². The van der Waals surface area contributed by atoms with Gasteiger partial charge in [0.05, 0.1) is 14.2 Å². The zero-order valence-corrected chi connectivity index (χ0v) is 18.5. The van der Waals surface area contributed by atoms with Crippen molar-refractivity contribution in [2.24, 2.45) is 0 Å². The molecule has 12 nitrogen and oxygen atoms in total. The predicted octanol–water partition coefficient (Wildman–Crippen LogP) is 1.31. The van der Waals surface area contributed by atoms with Gasteiger partial charge in [0.15, 0.2) is 0 Å². The first kappa shape index (κ1) is 26.9. The minimum atomic E-state index is -2.31. The highest BCUT2D eigenvalue weighted by molar-refractivity contribution is 5.94. The number of aliphatic carboxylic acids is 2. The van der Waals surface area contributed by atoms with Gasteiger partial charge in [0, 0.05) is 44.0 Å². The Kier molecular flexibility index (Phi) is 9.69. The summed E-state index contributed by atoms with van der Waals surface area (Å²) >= 11 is 0. The Hall–Kier alpha value is -3.09. The third-order valence-corrected chi connectivity index (χ3v) is 4.61. The van der Waals surface area contributed by atoms with E-state index < -0.39 is 23.5 Å². The molecule has 1 aromatic carbocycles. The number of aromatic amines is 1. The third-order valence-electron chi connectivity index (χ3n) is 4.61. The quantitative estimate of drug-likeness (QED) is 0.206. The van der Waals surface area contributed by atoms with Crippen LogP contribution in [0.5, 0.6) is 0 Å². The van der Waals surface area contributed by atoms with Crippen LogP contribution < -0.4 is 0 Å². The number of carboxylic acids is 2. The second-order valence-electron chi connectivity index (χ2n) is 6.08. The minimum absolute atomic E-state index is 0.292. The van der Waals surface area contributed by atoms with E-state index in [9.17, 15) is 19.5 Å². The van der Waals surface area contributed by atoms with Crippen molar-refractivity contribution in [2.45, 2.75) is 18.4 Å². The van der Waals surface area contributed by atoms with Crippen LogP contribution in [0.25, 0.3) is 10.9 Å². The minimum Gasteiger partial charge on any atom is -0.478 e. The molecule has 0 bridgehead atoms. The van der Waals surface area contributed by atoms with Crippen molar-refractivity contribution in [3.05, 3.63) is 41.6 Å². The fourth-order valence-electron chi connectivity index (χ4n) is 3.12. The SMILES string of the molecule is CC(=C=O)C(=O)O.CON(OC)[C@](OC)(C(=O)O)C(OC)(OC)c1c[nH]c2ccccc12. The van der Waals surface area contributed by atoms with Gasteiger partial charge in [0.1, 0.15) is 11.5 Å². The lowest BCUT2D eigenvalue weighted by molar-refractivity contribution is -0.488. The molecule has 32 heavy (non-hydrogen) atoms. The highest BCUT2D eigenvalue weighted by Gasteiger charge is 2.67. The van der Waals surface area contributed by atoms with Crippen LogP contribution in [0, 0.1) is 0 Å². The molecule has 176 valence electrons. The number of benzene rings is 1. The number of ether oxygens (including phenoxy) is 3. The topological polar surface area (TPSA) is 157 Å². The standard InChI is InChI=1S/C16H22N2O7.C4H4O3/c1-21-15(14(19)20,18(24-4)25-5)16(22-2,23-3)12-10-17-13-9-7-6-8-11(12)13;1-3(2-5)4(6)7/h6-10,17H,1-5H3,(H,19,20);1H3,(H,6,7)/t15-;/m0./s1. The molecule has 2 aromatic rings. The Morgan fingerprint density at radius 2 is 1.56 bits per heavy atom. The smallest absolute Gasteiger partial charge is 0.362 e. The van der Waals surface area contributed by atoms with Crippen molar-refractivity contribution in [1.29, 1.82) is 0 Å². The zero-order valence-electron chi connectivity index (χ0n) is 18.5. The number of nitrogens with zero attached hydrogens (tertiary/aromatic N) is 1. The number of aromatic nitrogens is 1. The van der Waals surface area contributed by atoms with Crippen LogP contribution in [0.15, 0.2) is 36.0 Å². The van der Waals surface area contributed by atoms with Crippen molar-refractivity contribution in [3.63, 3.8) is 0 Å². The Bertz CT molecular complexity index is 974. The maximum atomic E-state index is 12.3. The molecule has 0 aliphatic carbocycles. The molecule has 1 atom stereocenters. The highest BCUT2D eigenvalue weighted by Crippen LogP contribution is 2.45. The molecule has 0 amide bonds. The predicted molar refractivity (Wildman–Crippen MR) is 110 cm³/mol. The summed E-state index contributed by atoms with van der Waals surface area (Å²) in [4.78, 5) is 44.6. The number of carboxylic acid groups (broad SMARTS) is 2. The molecule has 0 unspecified atom stereocenters. The van der Waals surface area contributed by atoms with E-state index >= 15 is 0 Å². The van der Waals surface area contributed by atoms with Crippen LogP contribution in [-0.2, 0) is 44.1 Å². The van der Waals surface area contributed by atoms with Crippen molar-refractivity contribution in [2.75, 3.05) is 35.5 Å². The first-order valence-electron chi connectivity index (χ1n) is 8.96. The molecule has 0 aliphatic rings. The summed E-state index contributed by atoms with van der Waals surface area (Å²) in [5.74, 6) is -3.35. The Balaban J connectivity index is 0.000000633. The van der Waals surface area contributed by atoms with Gasteiger partial charge < -0.3 is 29.4 Å². The summed E-state index contributed by atoms with van der Waals surface area (Å²) in [6, 6.07) is 7.31. The Morgan fingerprint density at radius 3 is 1.94 bits per heavy atom. The lowest BCUT2D eigenvalue weighted by Crippen LogP contribution is -2.69. The van der Waals surface area contributed by atoms with Gasteiger partial charge in [-0.3, -0.25) is 9.68 Å². The molecule has 3 N–H and O–H groups in total. The van der Waals surface area contributed by atoms with E-state index in [-0.39, 0.29) is 5.57 Å². The maximum absolute atomic E-state index is 12.3. The number of rotatable bonds is 10. The number of fused-ring (bicyclic) bond motifs is 1. The van der Waals surface area contributed by atoms with Gasteiger partial charge in [-0.25, -0.2) is 14.4 Å². The summed E-state index contributed by atoms with van der Waals surface area (Å²) in [7, 11) is 6.30. The number of nitrogens with one attached hydrogen (secondary N) is 1. The summed E-state index contributed by atoms with van der Waals surface area (Å²) in [6.07, 6.45) is 1.60. The Labute approximate surface area is 183 Å². The summed E-state index contributed by atoms with van der Waals surface area (Å²) in [5, 5.41) is 19.3.